The molecular formula is C25H35N3O5S3. The van der Waals surface area contributed by atoms with Crippen molar-refractivity contribution in [2.24, 2.45) is 0 Å². The number of amides is 1. The van der Waals surface area contributed by atoms with Crippen LogP contribution in [-0.2, 0) is 24.3 Å². The maximum atomic E-state index is 13.2. The number of fused-ring (bicyclic) bond motifs is 1. The number of carbonyl (C=O) groups excluding carboxylic acids is 2. The molecule has 0 fully saturated rings. The molecular weight excluding hydrogens is 518 g/mol. The van der Waals surface area contributed by atoms with E-state index in [-0.39, 0.29) is 24.0 Å². The normalized spacial score (nSPS) is 12.9. The molecule has 11 heteroatoms. The third-order valence-corrected chi connectivity index (χ3v) is 9.20. The predicted octanol–water partition coefficient (Wildman–Crippen LogP) is 4.62. The van der Waals surface area contributed by atoms with E-state index in [1.54, 1.807) is 39.8 Å². The van der Waals surface area contributed by atoms with Crippen molar-refractivity contribution >= 4 is 59.9 Å². The quantitative estimate of drug-likeness (QED) is 0.218. The Bertz CT molecular complexity index is 1200. The first-order valence-electron chi connectivity index (χ1n) is 11.6. The summed E-state index contributed by atoms with van der Waals surface area (Å²) in [6, 6.07) is 9.40. The van der Waals surface area contributed by atoms with Crippen LogP contribution in [0.1, 0.15) is 34.1 Å². The van der Waals surface area contributed by atoms with E-state index in [4.69, 9.17) is 4.74 Å². The van der Waals surface area contributed by atoms with Crippen molar-refractivity contribution in [1.29, 1.82) is 0 Å². The second-order valence-corrected chi connectivity index (χ2v) is 12.4. The number of nitrogens with zero attached hydrogens (tertiary/aromatic N) is 2. The lowest BCUT2D eigenvalue weighted by molar-refractivity contribution is -0.146. The lowest BCUT2D eigenvalue weighted by Gasteiger charge is -2.22. The van der Waals surface area contributed by atoms with Gasteiger partial charge in [-0.3, -0.25) is 9.59 Å². The van der Waals surface area contributed by atoms with Crippen LogP contribution in [0, 0.1) is 0 Å². The minimum Gasteiger partial charge on any atom is -0.463 e. The lowest BCUT2D eigenvalue weighted by atomic mass is 10.1. The fourth-order valence-electron chi connectivity index (χ4n) is 3.48. The van der Waals surface area contributed by atoms with Crippen LogP contribution < -0.4 is 9.62 Å². The molecule has 0 aliphatic heterocycles. The van der Waals surface area contributed by atoms with Crippen LogP contribution in [-0.4, -0.2) is 64.2 Å². The molecule has 0 aliphatic rings. The molecule has 2 rings (SSSR count). The third-order valence-electron chi connectivity index (χ3n) is 5.26. The maximum Gasteiger partial charge on any atom is 0.323 e. The highest BCUT2D eigenvalue weighted by molar-refractivity contribution is 8.77. The number of benzene rings is 2. The summed E-state index contributed by atoms with van der Waals surface area (Å²) in [5.41, 5.74) is 1.65. The van der Waals surface area contributed by atoms with Crippen LogP contribution in [0.4, 0.5) is 5.69 Å². The molecule has 0 aliphatic carbocycles. The Hall–Kier alpha value is -2.21. The maximum absolute atomic E-state index is 13.2. The number of nitrogens with one attached hydrogen (secondary N) is 1. The second-order valence-electron chi connectivity index (χ2n) is 8.38. The number of sulfonamides is 1. The lowest BCUT2D eigenvalue weighted by Crippen LogP contribution is -2.40. The van der Waals surface area contributed by atoms with Crippen LogP contribution in [0.15, 0.2) is 52.4 Å². The fraction of sp³-hybridized carbons (Fsp3) is 0.440. The van der Waals surface area contributed by atoms with Crippen molar-refractivity contribution in [3.8, 4) is 0 Å². The summed E-state index contributed by atoms with van der Waals surface area (Å²) in [6.45, 7) is 6.94. The molecule has 0 aromatic heterocycles. The number of esters is 1. The Morgan fingerprint density at radius 3 is 2.42 bits per heavy atom. The topological polar surface area (TPSA) is 96.0 Å². The van der Waals surface area contributed by atoms with Gasteiger partial charge in [-0.25, -0.2) is 8.42 Å². The molecule has 0 saturated carbocycles. The first kappa shape index (κ1) is 30.0. The first-order chi connectivity index (χ1) is 17.0. The van der Waals surface area contributed by atoms with Gasteiger partial charge in [-0.1, -0.05) is 52.8 Å². The SMILES string of the molecule is CCCSSC=C(C)N(CCOC(=O)C(C)NS(=O)(=O)c1cccc2c(N(C)C)cccc12)C(C)=O. The van der Waals surface area contributed by atoms with Gasteiger partial charge in [0.1, 0.15) is 12.6 Å². The molecule has 1 atom stereocenters. The van der Waals surface area contributed by atoms with E-state index < -0.39 is 22.0 Å². The molecule has 1 N–H and O–H groups in total. The molecule has 36 heavy (non-hydrogen) atoms. The summed E-state index contributed by atoms with van der Waals surface area (Å²) in [7, 11) is 3.03. The van der Waals surface area contributed by atoms with Gasteiger partial charge >= 0.3 is 5.97 Å². The minimum absolute atomic E-state index is 0.0527. The summed E-state index contributed by atoms with van der Waals surface area (Å²) in [4.78, 5) is 28.1. The van der Waals surface area contributed by atoms with E-state index >= 15 is 0 Å². The molecule has 0 radical (unpaired) electrons. The van der Waals surface area contributed by atoms with Gasteiger partial charge in [0.2, 0.25) is 15.9 Å². The summed E-state index contributed by atoms with van der Waals surface area (Å²) < 4.78 is 34.0. The van der Waals surface area contributed by atoms with Crippen LogP contribution >= 0.6 is 21.6 Å². The molecule has 1 unspecified atom stereocenters. The van der Waals surface area contributed by atoms with Gasteiger partial charge in [0.05, 0.1) is 11.4 Å². The molecule has 2 aromatic rings. The van der Waals surface area contributed by atoms with E-state index in [2.05, 4.69) is 11.6 Å². The number of hydrogen-bond donors (Lipinski definition) is 1. The zero-order chi connectivity index (χ0) is 26.9. The van der Waals surface area contributed by atoms with E-state index in [1.807, 2.05) is 43.5 Å². The monoisotopic (exact) mass is 553 g/mol. The molecule has 8 nitrogen and oxygen atoms in total. The smallest absolute Gasteiger partial charge is 0.323 e. The largest absolute Gasteiger partial charge is 0.463 e. The van der Waals surface area contributed by atoms with Crippen LogP contribution in [0.25, 0.3) is 10.8 Å². The van der Waals surface area contributed by atoms with Gasteiger partial charge < -0.3 is 14.5 Å². The van der Waals surface area contributed by atoms with Gasteiger partial charge in [0.25, 0.3) is 0 Å². The fourth-order valence-corrected chi connectivity index (χ4v) is 6.90. The molecule has 198 valence electrons. The first-order valence-corrected chi connectivity index (χ1v) is 15.5. The molecule has 0 saturated heterocycles. The number of ether oxygens (including phenoxy) is 1. The van der Waals surface area contributed by atoms with Crippen molar-refractivity contribution in [3.05, 3.63) is 47.5 Å². The average molecular weight is 554 g/mol. The van der Waals surface area contributed by atoms with Crippen molar-refractivity contribution in [2.75, 3.05) is 37.9 Å². The van der Waals surface area contributed by atoms with Crippen molar-refractivity contribution < 1.29 is 22.7 Å². The Balaban J connectivity index is 2.05. The van der Waals surface area contributed by atoms with E-state index in [0.29, 0.717) is 5.39 Å². The number of carbonyl (C=O) groups is 2. The molecule has 0 bridgehead atoms. The number of hydrogen-bond acceptors (Lipinski definition) is 8. The highest BCUT2D eigenvalue weighted by Gasteiger charge is 2.25. The average Bonchev–Trinajstić information content (AvgIpc) is 2.82. The summed E-state index contributed by atoms with van der Waals surface area (Å²) in [5, 5.41) is 3.25. The van der Waals surface area contributed by atoms with Crippen molar-refractivity contribution in [1.82, 2.24) is 9.62 Å². The highest BCUT2D eigenvalue weighted by Crippen LogP contribution is 2.30. The highest BCUT2D eigenvalue weighted by atomic mass is 33.1. The molecule has 1 amide bonds. The standard InChI is InChI=1S/C25H35N3O5S3/c1-7-16-34-35-17-18(2)28(20(4)29)14-15-33-25(30)19(3)26-36(31,32)24-13-9-10-21-22(24)11-8-12-23(21)27(5)6/h8-13,17,19,26H,7,14-16H2,1-6H3. The van der Waals surface area contributed by atoms with E-state index in [0.717, 1.165) is 28.9 Å². The Labute approximate surface area is 222 Å². The summed E-state index contributed by atoms with van der Waals surface area (Å²) in [5.74, 6) is 0.128. The van der Waals surface area contributed by atoms with Gasteiger partial charge in [-0.2, -0.15) is 4.72 Å². The Kier molecular flexibility index (Phi) is 11.6. The van der Waals surface area contributed by atoms with Crippen LogP contribution in [0.5, 0.6) is 0 Å². The van der Waals surface area contributed by atoms with Gasteiger partial charge in [0.15, 0.2) is 0 Å². The Morgan fingerprint density at radius 2 is 1.78 bits per heavy atom. The van der Waals surface area contributed by atoms with E-state index in [9.17, 15) is 18.0 Å². The zero-order valence-corrected chi connectivity index (χ0v) is 24.1. The zero-order valence-electron chi connectivity index (χ0n) is 21.6. The third kappa shape index (κ3) is 8.16. The second kappa shape index (κ2) is 13.9. The Morgan fingerprint density at radius 1 is 1.11 bits per heavy atom. The summed E-state index contributed by atoms with van der Waals surface area (Å²) in [6.07, 6.45) is 1.07. The van der Waals surface area contributed by atoms with Gasteiger partial charge in [-0.05, 0) is 32.4 Å². The predicted molar refractivity (Wildman–Crippen MR) is 151 cm³/mol. The molecule has 0 spiro atoms. The minimum atomic E-state index is -4.01. The number of anilines is 1. The number of rotatable bonds is 13. The van der Waals surface area contributed by atoms with Crippen LogP contribution in [0.2, 0.25) is 0 Å². The molecule has 2 aromatic carbocycles. The van der Waals surface area contributed by atoms with Crippen LogP contribution in [0.3, 0.4) is 0 Å². The van der Waals surface area contributed by atoms with Crippen molar-refractivity contribution in [3.63, 3.8) is 0 Å². The number of allylic oxidation sites excluding steroid dienone is 1. The van der Waals surface area contributed by atoms with Crippen molar-refractivity contribution in [2.45, 2.75) is 45.1 Å². The van der Waals surface area contributed by atoms with Gasteiger partial charge in [0, 0.05) is 54.3 Å². The van der Waals surface area contributed by atoms with Gasteiger partial charge in [-0.15, -0.1) is 0 Å². The van der Waals surface area contributed by atoms with E-state index in [1.165, 1.54) is 24.8 Å². The molecule has 0 heterocycles. The summed E-state index contributed by atoms with van der Waals surface area (Å²) >= 11 is 0.